The van der Waals surface area contributed by atoms with E-state index in [1.54, 1.807) is 50.4 Å². The van der Waals surface area contributed by atoms with Crippen LogP contribution < -0.4 is 4.74 Å². The first-order valence-corrected chi connectivity index (χ1v) is 7.10. The fourth-order valence-corrected chi connectivity index (χ4v) is 2.28. The van der Waals surface area contributed by atoms with Crippen LogP contribution in [0.25, 0.3) is 10.9 Å². The van der Waals surface area contributed by atoms with Gasteiger partial charge < -0.3 is 4.74 Å². The van der Waals surface area contributed by atoms with Crippen molar-refractivity contribution in [2.75, 3.05) is 0 Å². The molecule has 5 heteroatoms. The number of halogens is 1. The lowest BCUT2D eigenvalue weighted by Gasteiger charge is -2.18. The molecule has 0 fully saturated rings. The van der Waals surface area contributed by atoms with Crippen LogP contribution in [0.5, 0.6) is 11.5 Å². The largest absolute Gasteiger partial charge is 0.454 e. The van der Waals surface area contributed by atoms with Crippen molar-refractivity contribution in [1.29, 1.82) is 5.26 Å². The van der Waals surface area contributed by atoms with E-state index in [-0.39, 0.29) is 5.82 Å². The zero-order valence-electron chi connectivity index (χ0n) is 12.7. The first-order chi connectivity index (χ1) is 11.0. The van der Waals surface area contributed by atoms with Gasteiger partial charge in [-0.05, 0) is 38.1 Å². The lowest BCUT2D eigenvalue weighted by molar-refractivity contribution is 0.458. The molecule has 114 valence electrons. The van der Waals surface area contributed by atoms with Crippen molar-refractivity contribution in [2.45, 2.75) is 19.3 Å². The molecule has 0 unspecified atom stereocenters. The van der Waals surface area contributed by atoms with E-state index in [2.05, 4.69) is 16.0 Å². The zero-order valence-corrected chi connectivity index (χ0v) is 12.7. The molecule has 4 nitrogen and oxygen atoms in total. The molecule has 0 saturated heterocycles. The highest BCUT2D eigenvalue weighted by Gasteiger charge is 2.26. The van der Waals surface area contributed by atoms with E-state index in [1.165, 1.54) is 12.3 Å². The molecule has 0 N–H and O–H groups in total. The molecule has 23 heavy (non-hydrogen) atoms. The Bertz CT molecular complexity index is 916. The van der Waals surface area contributed by atoms with Crippen molar-refractivity contribution >= 4 is 10.9 Å². The molecular weight excluding hydrogens is 293 g/mol. The van der Waals surface area contributed by atoms with Gasteiger partial charge in [-0.2, -0.15) is 5.26 Å². The molecule has 0 spiro atoms. The minimum absolute atomic E-state index is 0.295. The number of benzene rings is 1. The number of para-hydroxylation sites is 1. The zero-order chi connectivity index (χ0) is 16.4. The quantitative estimate of drug-likeness (QED) is 0.721. The number of rotatable bonds is 3. The maximum atomic E-state index is 13.7. The van der Waals surface area contributed by atoms with Gasteiger partial charge in [0, 0.05) is 11.6 Å². The molecule has 0 aliphatic rings. The Balaban J connectivity index is 2.02. The molecule has 0 bridgehead atoms. The summed E-state index contributed by atoms with van der Waals surface area (Å²) in [6, 6.07) is 12.2. The van der Waals surface area contributed by atoms with Crippen molar-refractivity contribution in [2.24, 2.45) is 0 Å². The lowest BCUT2D eigenvalue weighted by atomic mass is 9.90. The molecule has 1 aromatic carbocycles. The van der Waals surface area contributed by atoms with Crippen LogP contribution in [0.15, 0.2) is 48.8 Å². The summed E-state index contributed by atoms with van der Waals surface area (Å²) in [5.74, 6) is 0.574. The Kier molecular flexibility index (Phi) is 3.67. The number of nitriles is 1. The minimum Gasteiger partial charge on any atom is -0.454 e. The molecule has 2 aromatic heterocycles. The minimum atomic E-state index is -0.785. The first-order valence-electron chi connectivity index (χ1n) is 7.10. The van der Waals surface area contributed by atoms with E-state index in [0.717, 1.165) is 0 Å². The van der Waals surface area contributed by atoms with Crippen LogP contribution in [0.3, 0.4) is 0 Å². The summed E-state index contributed by atoms with van der Waals surface area (Å²) < 4.78 is 19.5. The number of aromatic nitrogens is 2. The van der Waals surface area contributed by atoms with Gasteiger partial charge in [0.1, 0.15) is 22.8 Å². The summed E-state index contributed by atoms with van der Waals surface area (Å²) in [6.07, 6.45) is 3.08. The Morgan fingerprint density at radius 1 is 1.17 bits per heavy atom. The molecule has 0 saturated carbocycles. The summed E-state index contributed by atoms with van der Waals surface area (Å²) >= 11 is 0. The van der Waals surface area contributed by atoms with Gasteiger partial charge in [0.15, 0.2) is 5.75 Å². The second-order valence-corrected chi connectivity index (χ2v) is 5.67. The summed E-state index contributed by atoms with van der Waals surface area (Å²) in [7, 11) is 0. The normalized spacial score (nSPS) is 11.2. The number of nitrogens with zero attached hydrogens (tertiary/aromatic N) is 3. The molecule has 0 aliphatic carbocycles. The van der Waals surface area contributed by atoms with E-state index >= 15 is 0 Å². The SMILES string of the molecule is CC(C)(C#N)c1ncccc1Oc1cnc2c(F)cccc2c1. The maximum absolute atomic E-state index is 13.7. The number of fused-ring (bicyclic) bond motifs is 1. The van der Waals surface area contributed by atoms with Gasteiger partial charge in [-0.1, -0.05) is 12.1 Å². The van der Waals surface area contributed by atoms with Gasteiger partial charge in [0.25, 0.3) is 0 Å². The third-order valence-corrected chi connectivity index (χ3v) is 3.51. The number of ether oxygens (including phenoxy) is 1. The highest BCUT2D eigenvalue weighted by Crippen LogP contribution is 2.32. The van der Waals surface area contributed by atoms with Crippen molar-refractivity contribution in [3.63, 3.8) is 0 Å². The summed E-state index contributed by atoms with van der Waals surface area (Å²) in [4.78, 5) is 8.37. The van der Waals surface area contributed by atoms with Crippen LogP contribution in [0.1, 0.15) is 19.5 Å². The monoisotopic (exact) mass is 307 g/mol. The van der Waals surface area contributed by atoms with Crippen LogP contribution in [-0.4, -0.2) is 9.97 Å². The molecule has 0 aliphatic heterocycles. The second-order valence-electron chi connectivity index (χ2n) is 5.67. The van der Waals surface area contributed by atoms with Crippen molar-refractivity contribution in [3.05, 3.63) is 60.3 Å². The number of pyridine rings is 2. The average Bonchev–Trinajstić information content (AvgIpc) is 2.55. The molecule has 3 rings (SSSR count). The van der Waals surface area contributed by atoms with Crippen LogP contribution in [0.2, 0.25) is 0 Å². The molecule has 3 aromatic rings. The maximum Gasteiger partial charge on any atom is 0.150 e. The third kappa shape index (κ3) is 2.84. The fraction of sp³-hybridized carbons (Fsp3) is 0.167. The molecule has 0 amide bonds. The van der Waals surface area contributed by atoms with Crippen LogP contribution in [0.4, 0.5) is 4.39 Å². The highest BCUT2D eigenvalue weighted by molar-refractivity contribution is 5.80. The highest BCUT2D eigenvalue weighted by atomic mass is 19.1. The standard InChI is InChI=1S/C18H14FN3O/c1-18(2,11-20)17-15(7-4-8-21-17)23-13-9-12-5-3-6-14(19)16(12)22-10-13/h3-10H,1-2H3. The Morgan fingerprint density at radius 3 is 2.78 bits per heavy atom. The summed E-state index contributed by atoms with van der Waals surface area (Å²) in [6.45, 7) is 3.55. The fourth-order valence-electron chi connectivity index (χ4n) is 2.28. The summed E-state index contributed by atoms with van der Waals surface area (Å²) in [5.41, 5.74) is 0.0536. The average molecular weight is 307 g/mol. The number of hydrogen-bond donors (Lipinski definition) is 0. The predicted molar refractivity (Wildman–Crippen MR) is 84.7 cm³/mol. The van der Waals surface area contributed by atoms with Gasteiger partial charge in [-0.3, -0.25) is 4.98 Å². The van der Waals surface area contributed by atoms with E-state index in [0.29, 0.717) is 28.1 Å². The van der Waals surface area contributed by atoms with Gasteiger partial charge in [0.05, 0.1) is 17.7 Å². The Labute approximate surface area is 133 Å². The topological polar surface area (TPSA) is 58.8 Å². The lowest BCUT2D eigenvalue weighted by Crippen LogP contribution is -2.17. The van der Waals surface area contributed by atoms with Crippen LogP contribution in [-0.2, 0) is 5.41 Å². The summed E-state index contributed by atoms with van der Waals surface area (Å²) in [5, 5.41) is 9.96. The Morgan fingerprint density at radius 2 is 2.00 bits per heavy atom. The van der Waals surface area contributed by atoms with Crippen molar-refractivity contribution in [3.8, 4) is 17.6 Å². The van der Waals surface area contributed by atoms with Crippen LogP contribution >= 0.6 is 0 Å². The van der Waals surface area contributed by atoms with Gasteiger partial charge in [0.2, 0.25) is 0 Å². The van der Waals surface area contributed by atoms with Gasteiger partial charge in [-0.25, -0.2) is 9.37 Å². The Hall–Kier alpha value is -3.00. The third-order valence-electron chi connectivity index (χ3n) is 3.51. The van der Waals surface area contributed by atoms with Gasteiger partial charge in [-0.15, -0.1) is 0 Å². The van der Waals surface area contributed by atoms with E-state index < -0.39 is 5.41 Å². The molecule has 0 atom stereocenters. The van der Waals surface area contributed by atoms with Crippen LogP contribution in [0, 0.1) is 17.1 Å². The van der Waals surface area contributed by atoms with Crippen molar-refractivity contribution in [1.82, 2.24) is 9.97 Å². The second kappa shape index (κ2) is 5.65. The first kappa shape index (κ1) is 14.9. The number of hydrogen-bond acceptors (Lipinski definition) is 4. The molecular formula is C18H14FN3O. The predicted octanol–water partition coefficient (Wildman–Crippen LogP) is 4.36. The van der Waals surface area contributed by atoms with E-state index in [4.69, 9.17) is 4.74 Å². The van der Waals surface area contributed by atoms with Gasteiger partial charge >= 0.3 is 0 Å². The van der Waals surface area contributed by atoms with E-state index in [1.807, 2.05) is 0 Å². The molecule has 2 heterocycles. The molecule has 0 radical (unpaired) electrons. The van der Waals surface area contributed by atoms with E-state index in [9.17, 15) is 9.65 Å². The van der Waals surface area contributed by atoms with Crippen molar-refractivity contribution < 1.29 is 9.13 Å². The smallest absolute Gasteiger partial charge is 0.150 e.